The van der Waals surface area contributed by atoms with E-state index >= 15 is 0 Å². The molecule has 0 saturated carbocycles. The number of piperidine rings is 1. The normalized spacial score (nSPS) is 18.9. The number of halogens is 3. The van der Waals surface area contributed by atoms with Gasteiger partial charge >= 0.3 is 0 Å². The lowest BCUT2D eigenvalue weighted by Crippen LogP contribution is -2.42. The highest BCUT2D eigenvalue weighted by molar-refractivity contribution is 6.36. The summed E-state index contributed by atoms with van der Waals surface area (Å²) in [6, 6.07) is 20.5. The van der Waals surface area contributed by atoms with Crippen LogP contribution in [0.15, 0.2) is 66.7 Å². The van der Waals surface area contributed by atoms with E-state index in [0.29, 0.717) is 28.1 Å². The van der Waals surface area contributed by atoms with Crippen LogP contribution in [0, 0.1) is 5.82 Å². The molecule has 1 fully saturated rings. The number of fused-ring (bicyclic) bond motifs is 1. The van der Waals surface area contributed by atoms with Crippen molar-refractivity contribution in [1.82, 2.24) is 9.80 Å². The molecule has 6 heteroatoms. The molecular formula is C29H29Cl2FN2O. The first-order chi connectivity index (χ1) is 17.0. The quantitative estimate of drug-likeness (QED) is 0.364. The lowest BCUT2D eigenvalue weighted by molar-refractivity contribution is 0.0630. The van der Waals surface area contributed by atoms with Crippen molar-refractivity contribution in [2.24, 2.45) is 0 Å². The minimum atomic E-state index is -0.161. The lowest BCUT2D eigenvalue weighted by Gasteiger charge is -2.39. The number of carbonyl (C=O) groups excluding carboxylic acids is 1. The first-order valence-corrected chi connectivity index (χ1v) is 13.1. The Labute approximate surface area is 216 Å². The fourth-order valence-electron chi connectivity index (χ4n) is 5.58. The molecular weight excluding hydrogens is 482 g/mol. The van der Waals surface area contributed by atoms with Crippen molar-refractivity contribution in [3.05, 3.63) is 105 Å². The predicted octanol–water partition coefficient (Wildman–Crippen LogP) is 7.14. The third-order valence-electron chi connectivity index (χ3n) is 7.46. The minimum absolute atomic E-state index is 0.000127. The molecule has 1 saturated heterocycles. The molecule has 0 bridgehead atoms. The predicted molar refractivity (Wildman–Crippen MR) is 140 cm³/mol. The Morgan fingerprint density at radius 2 is 1.74 bits per heavy atom. The van der Waals surface area contributed by atoms with E-state index in [4.69, 9.17) is 23.2 Å². The van der Waals surface area contributed by atoms with E-state index < -0.39 is 0 Å². The maximum Gasteiger partial charge on any atom is 0.255 e. The van der Waals surface area contributed by atoms with E-state index in [1.807, 2.05) is 11.0 Å². The molecule has 0 spiro atoms. The Hall–Kier alpha value is -2.40. The number of amides is 1. The lowest BCUT2D eigenvalue weighted by atomic mass is 9.88. The molecule has 1 amide bonds. The summed E-state index contributed by atoms with van der Waals surface area (Å²) < 4.78 is 13.7. The highest BCUT2D eigenvalue weighted by Gasteiger charge is 2.32. The van der Waals surface area contributed by atoms with E-state index in [9.17, 15) is 9.18 Å². The number of benzene rings is 3. The zero-order chi connectivity index (χ0) is 24.4. The molecule has 0 N–H and O–H groups in total. The summed E-state index contributed by atoms with van der Waals surface area (Å²) in [6.45, 7) is 3.53. The number of carbonyl (C=O) groups is 1. The van der Waals surface area contributed by atoms with Gasteiger partial charge in [-0.1, -0.05) is 59.6 Å². The Morgan fingerprint density at radius 1 is 0.943 bits per heavy atom. The molecule has 182 valence electrons. The summed E-state index contributed by atoms with van der Waals surface area (Å²) in [5.74, 6) is 0.199. The second kappa shape index (κ2) is 10.7. The van der Waals surface area contributed by atoms with Crippen LogP contribution in [0.2, 0.25) is 10.0 Å². The van der Waals surface area contributed by atoms with E-state index in [-0.39, 0.29) is 17.8 Å². The van der Waals surface area contributed by atoms with Gasteiger partial charge in [0.2, 0.25) is 0 Å². The summed E-state index contributed by atoms with van der Waals surface area (Å²) in [4.78, 5) is 18.0. The molecule has 2 aliphatic heterocycles. The molecule has 0 aromatic heterocycles. The standard InChI is InChI=1S/C29H29Cl2FN2O/c30-23-8-9-26(27(31)19-23)29(35)34-17-12-21-4-1-2-7-25(21)28(34)13-16-33-14-10-20(11-15-33)22-5-3-6-24(32)18-22/h1-9,18-20,28H,10-17H2. The van der Waals surface area contributed by atoms with Crippen LogP contribution in [0.3, 0.4) is 0 Å². The molecule has 2 aliphatic rings. The largest absolute Gasteiger partial charge is 0.331 e. The topological polar surface area (TPSA) is 23.6 Å². The van der Waals surface area contributed by atoms with Crippen molar-refractivity contribution in [3.63, 3.8) is 0 Å². The third kappa shape index (κ3) is 5.40. The first-order valence-electron chi connectivity index (χ1n) is 12.3. The van der Waals surface area contributed by atoms with Gasteiger partial charge in [0.15, 0.2) is 0 Å². The van der Waals surface area contributed by atoms with Crippen LogP contribution in [-0.4, -0.2) is 41.9 Å². The smallest absolute Gasteiger partial charge is 0.255 e. The number of rotatable bonds is 5. The molecule has 1 unspecified atom stereocenters. The van der Waals surface area contributed by atoms with Gasteiger partial charge in [-0.3, -0.25) is 4.79 Å². The monoisotopic (exact) mass is 510 g/mol. The van der Waals surface area contributed by atoms with E-state index in [1.165, 1.54) is 17.2 Å². The summed E-state index contributed by atoms with van der Waals surface area (Å²) in [5, 5.41) is 0.910. The van der Waals surface area contributed by atoms with Gasteiger partial charge in [-0.05, 0) is 91.7 Å². The average Bonchev–Trinajstić information content (AvgIpc) is 2.87. The van der Waals surface area contributed by atoms with Gasteiger partial charge in [0, 0.05) is 18.1 Å². The summed E-state index contributed by atoms with van der Waals surface area (Å²) in [7, 11) is 0. The highest BCUT2D eigenvalue weighted by atomic mass is 35.5. The van der Waals surface area contributed by atoms with E-state index in [2.05, 4.69) is 29.2 Å². The number of nitrogens with zero attached hydrogens (tertiary/aromatic N) is 2. The Morgan fingerprint density at radius 3 is 2.51 bits per heavy atom. The maximum atomic E-state index is 13.7. The van der Waals surface area contributed by atoms with Gasteiger partial charge in [-0.25, -0.2) is 4.39 Å². The van der Waals surface area contributed by atoms with Crippen LogP contribution in [-0.2, 0) is 6.42 Å². The Bertz CT molecular complexity index is 1210. The molecule has 3 nitrogen and oxygen atoms in total. The second-order valence-electron chi connectivity index (χ2n) is 9.55. The molecule has 5 rings (SSSR count). The average molecular weight is 511 g/mol. The van der Waals surface area contributed by atoms with Crippen LogP contribution >= 0.6 is 23.2 Å². The van der Waals surface area contributed by atoms with Crippen LogP contribution < -0.4 is 0 Å². The van der Waals surface area contributed by atoms with E-state index in [1.54, 1.807) is 30.3 Å². The van der Waals surface area contributed by atoms with Crippen molar-refractivity contribution in [2.75, 3.05) is 26.2 Å². The Kier molecular flexibility index (Phi) is 7.43. The molecule has 0 aliphatic carbocycles. The van der Waals surface area contributed by atoms with Crippen molar-refractivity contribution in [2.45, 2.75) is 37.6 Å². The molecule has 3 aromatic rings. The van der Waals surface area contributed by atoms with Crippen LogP contribution in [0.25, 0.3) is 0 Å². The van der Waals surface area contributed by atoms with Gasteiger partial charge in [0.25, 0.3) is 5.91 Å². The summed E-state index contributed by atoms with van der Waals surface area (Å²) in [5.41, 5.74) is 4.14. The van der Waals surface area contributed by atoms with Crippen molar-refractivity contribution < 1.29 is 9.18 Å². The van der Waals surface area contributed by atoms with Crippen molar-refractivity contribution >= 4 is 29.1 Å². The minimum Gasteiger partial charge on any atom is -0.331 e. The molecule has 2 heterocycles. The van der Waals surface area contributed by atoms with E-state index in [0.717, 1.165) is 50.9 Å². The molecule has 0 radical (unpaired) electrons. The molecule has 1 atom stereocenters. The van der Waals surface area contributed by atoms with Gasteiger partial charge in [0.05, 0.1) is 16.6 Å². The van der Waals surface area contributed by atoms with Crippen LogP contribution in [0.1, 0.15) is 58.3 Å². The molecule has 35 heavy (non-hydrogen) atoms. The maximum absolute atomic E-state index is 13.7. The number of hydrogen-bond donors (Lipinski definition) is 0. The van der Waals surface area contributed by atoms with Crippen molar-refractivity contribution in [3.8, 4) is 0 Å². The number of likely N-dealkylation sites (tertiary alicyclic amines) is 1. The fraction of sp³-hybridized carbons (Fsp3) is 0.345. The highest BCUT2D eigenvalue weighted by Crippen LogP contribution is 2.36. The van der Waals surface area contributed by atoms with Gasteiger partial charge in [-0.2, -0.15) is 0 Å². The summed E-state index contributed by atoms with van der Waals surface area (Å²) >= 11 is 12.5. The third-order valence-corrected chi connectivity index (χ3v) is 8.01. The second-order valence-corrected chi connectivity index (χ2v) is 10.4. The zero-order valence-electron chi connectivity index (χ0n) is 19.6. The SMILES string of the molecule is O=C(c1ccc(Cl)cc1Cl)N1CCc2ccccc2C1CCN1CCC(c2cccc(F)c2)CC1. The Balaban J connectivity index is 1.29. The zero-order valence-corrected chi connectivity index (χ0v) is 21.1. The van der Waals surface area contributed by atoms with Gasteiger partial charge < -0.3 is 9.80 Å². The molecule has 3 aromatic carbocycles. The first kappa shape index (κ1) is 24.3. The van der Waals surface area contributed by atoms with Gasteiger partial charge in [0.1, 0.15) is 5.82 Å². The van der Waals surface area contributed by atoms with Gasteiger partial charge in [-0.15, -0.1) is 0 Å². The van der Waals surface area contributed by atoms with Crippen LogP contribution in [0.5, 0.6) is 0 Å². The van der Waals surface area contributed by atoms with Crippen molar-refractivity contribution in [1.29, 1.82) is 0 Å². The summed E-state index contributed by atoms with van der Waals surface area (Å²) in [6.07, 6.45) is 3.74. The van der Waals surface area contributed by atoms with Crippen LogP contribution in [0.4, 0.5) is 4.39 Å². The number of hydrogen-bond acceptors (Lipinski definition) is 2. The fourth-order valence-corrected chi connectivity index (χ4v) is 6.07.